The Morgan fingerprint density at radius 1 is 1.12 bits per heavy atom. The van der Waals surface area contributed by atoms with Gasteiger partial charge in [-0.2, -0.15) is 11.3 Å². The van der Waals surface area contributed by atoms with Crippen molar-refractivity contribution in [2.45, 2.75) is 6.04 Å². The lowest BCUT2D eigenvalue weighted by Gasteiger charge is -2.12. The molecule has 3 aromatic rings. The van der Waals surface area contributed by atoms with Crippen molar-refractivity contribution in [3.8, 4) is 0 Å². The normalized spacial score (nSPS) is 12.8. The van der Waals surface area contributed by atoms with Crippen molar-refractivity contribution in [2.75, 3.05) is 0 Å². The maximum absolute atomic E-state index is 6.29. The summed E-state index contributed by atoms with van der Waals surface area (Å²) in [6.07, 6.45) is 3.74. The molecule has 0 radical (unpaired) electrons. The first-order valence-corrected chi connectivity index (χ1v) is 6.41. The first-order valence-electron chi connectivity index (χ1n) is 5.46. The molecule has 0 aliphatic rings. The van der Waals surface area contributed by atoms with Gasteiger partial charge in [0, 0.05) is 17.8 Å². The van der Waals surface area contributed by atoms with Crippen molar-refractivity contribution in [1.82, 2.24) is 4.98 Å². The summed E-state index contributed by atoms with van der Waals surface area (Å²) in [6, 6.07) is 10.2. The molecule has 0 spiro atoms. The Balaban J connectivity index is 2.17. The monoisotopic (exact) mass is 240 g/mol. The van der Waals surface area contributed by atoms with Crippen LogP contribution in [-0.4, -0.2) is 4.98 Å². The number of hydrogen-bond donors (Lipinski definition) is 1. The SMILES string of the molecule is NC(c1ccsc1)c1cncc2ccccc12. The lowest BCUT2D eigenvalue weighted by Crippen LogP contribution is -2.11. The van der Waals surface area contributed by atoms with Crippen LogP contribution < -0.4 is 5.73 Å². The van der Waals surface area contributed by atoms with Gasteiger partial charge < -0.3 is 5.73 Å². The van der Waals surface area contributed by atoms with Gasteiger partial charge in [-0.15, -0.1) is 0 Å². The number of nitrogens with zero attached hydrogens (tertiary/aromatic N) is 1. The molecule has 2 heterocycles. The van der Waals surface area contributed by atoms with E-state index in [2.05, 4.69) is 28.6 Å². The van der Waals surface area contributed by atoms with E-state index in [0.717, 1.165) is 16.5 Å². The van der Waals surface area contributed by atoms with Crippen LogP contribution in [0.25, 0.3) is 10.8 Å². The van der Waals surface area contributed by atoms with Gasteiger partial charge >= 0.3 is 0 Å². The smallest absolute Gasteiger partial charge is 0.0581 e. The van der Waals surface area contributed by atoms with Gasteiger partial charge in [-0.3, -0.25) is 4.98 Å². The van der Waals surface area contributed by atoms with Gasteiger partial charge in [0.2, 0.25) is 0 Å². The number of fused-ring (bicyclic) bond motifs is 1. The van der Waals surface area contributed by atoms with E-state index in [1.807, 2.05) is 29.9 Å². The van der Waals surface area contributed by atoms with Crippen molar-refractivity contribution in [1.29, 1.82) is 0 Å². The Morgan fingerprint density at radius 3 is 2.82 bits per heavy atom. The van der Waals surface area contributed by atoms with Gasteiger partial charge in [0.1, 0.15) is 0 Å². The number of rotatable bonds is 2. The largest absolute Gasteiger partial charge is 0.320 e. The average molecular weight is 240 g/mol. The Labute approximate surface area is 104 Å². The molecule has 0 aliphatic carbocycles. The highest BCUT2D eigenvalue weighted by Crippen LogP contribution is 2.27. The molecule has 0 saturated heterocycles. The molecule has 1 aromatic carbocycles. The minimum absolute atomic E-state index is 0.0974. The topological polar surface area (TPSA) is 38.9 Å². The number of pyridine rings is 1. The zero-order valence-electron chi connectivity index (χ0n) is 9.21. The van der Waals surface area contributed by atoms with Crippen LogP contribution in [0.1, 0.15) is 17.2 Å². The van der Waals surface area contributed by atoms with Gasteiger partial charge in [-0.05, 0) is 33.3 Å². The molecule has 0 aliphatic heterocycles. The van der Waals surface area contributed by atoms with Crippen LogP contribution in [0.4, 0.5) is 0 Å². The second-order valence-electron chi connectivity index (χ2n) is 3.98. The van der Waals surface area contributed by atoms with Gasteiger partial charge in [-0.25, -0.2) is 0 Å². The third kappa shape index (κ3) is 1.84. The number of hydrogen-bond acceptors (Lipinski definition) is 3. The Kier molecular flexibility index (Phi) is 2.63. The van der Waals surface area contributed by atoms with E-state index in [0.29, 0.717) is 0 Å². The first kappa shape index (κ1) is 10.4. The number of thiophene rings is 1. The molecule has 1 atom stereocenters. The second-order valence-corrected chi connectivity index (χ2v) is 4.76. The van der Waals surface area contributed by atoms with Crippen LogP contribution in [0.5, 0.6) is 0 Å². The van der Waals surface area contributed by atoms with E-state index in [4.69, 9.17) is 5.73 Å². The molecule has 84 valence electrons. The third-order valence-corrected chi connectivity index (χ3v) is 3.64. The fourth-order valence-corrected chi connectivity index (χ4v) is 2.72. The fourth-order valence-electron chi connectivity index (χ4n) is 2.02. The van der Waals surface area contributed by atoms with Crippen molar-refractivity contribution in [2.24, 2.45) is 5.73 Å². The maximum Gasteiger partial charge on any atom is 0.0581 e. The lowest BCUT2D eigenvalue weighted by atomic mass is 9.98. The van der Waals surface area contributed by atoms with Crippen LogP contribution >= 0.6 is 11.3 Å². The summed E-state index contributed by atoms with van der Waals surface area (Å²) < 4.78 is 0. The minimum atomic E-state index is -0.0974. The Hall–Kier alpha value is -1.71. The first-order chi connectivity index (χ1) is 8.36. The molecule has 1 unspecified atom stereocenters. The van der Waals surface area contributed by atoms with Crippen LogP contribution in [-0.2, 0) is 0 Å². The molecule has 2 aromatic heterocycles. The van der Waals surface area contributed by atoms with E-state index in [1.165, 1.54) is 5.39 Å². The van der Waals surface area contributed by atoms with Gasteiger partial charge in [0.05, 0.1) is 6.04 Å². The van der Waals surface area contributed by atoms with Crippen molar-refractivity contribution >= 4 is 22.1 Å². The molecule has 3 rings (SSSR count). The lowest BCUT2D eigenvalue weighted by molar-refractivity contribution is 0.879. The molecule has 0 amide bonds. The summed E-state index contributed by atoms with van der Waals surface area (Å²) in [5.74, 6) is 0. The molecule has 0 fully saturated rings. The Bertz CT molecular complexity index is 626. The van der Waals surface area contributed by atoms with Crippen LogP contribution in [0, 0.1) is 0 Å². The second kappa shape index (κ2) is 4.28. The predicted octanol–water partition coefficient (Wildman–Crippen LogP) is 3.34. The fraction of sp³-hybridized carbons (Fsp3) is 0.0714. The molecule has 0 bridgehead atoms. The van der Waals surface area contributed by atoms with Crippen molar-refractivity contribution in [3.05, 3.63) is 64.6 Å². The summed E-state index contributed by atoms with van der Waals surface area (Å²) >= 11 is 1.67. The highest BCUT2D eigenvalue weighted by Gasteiger charge is 2.12. The van der Waals surface area contributed by atoms with Crippen molar-refractivity contribution < 1.29 is 0 Å². The summed E-state index contributed by atoms with van der Waals surface area (Å²) in [7, 11) is 0. The van der Waals surface area contributed by atoms with E-state index in [-0.39, 0.29) is 6.04 Å². The zero-order chi connectivity index (χ0) is 11.7. The van der Waals surface area contributed by atoms with Gasteiger partial charge in [0.25, 0.3) is 0 Å². The standard InChI is InChI=1S/C14H12N2S/c15-14(11-5-6-17-9-11)13-8-16-7-10-3-1-2-4-12(10)13/h1-9,14H,15H2. The Morgan fingerprint density at radius 2 is 2.00 bits per heavy atom. The summed E-state index contributed by atoms with van der Waals surface area (Å²) in [5, 5.41) is 6.46. The molecular weight excluding hydrogens is 228 g/mol. The maximum atomic E-state index is 6.29. The third-order valence-electron chi connectivity index (χ3n) is 2.94. The zero-order valence-corrected chi connectivity index (χ0v) is 10.0. The summed E-state index contributed by atoms with van der Waals surface area (Å²) in [6.45, 7) is 0. The minimum Gasteiger partial charge on any atom is -0.320 e. The van der Waals surface area contributed by atoms with E-state index in [9.17, 15) is 0 Å². The summed E-state index contributed by atoms with van der Waals surface area (Å²) in [4.78, 5) is 4.27. The number of aromatic nitrogens is 1. The van der Waals surface area contributed by atoms with Crippen LogP contribution in [0.15, 0.2) is 53.5 Å². The predicted molar refractivity (Wildman–Crippen MR) is 72.1 cm³/mol. The quantitative estimate of drug-likeness (QED) is 0.746. The summed E-state index contributed by atoms with van der Waals surface area (Å²) in [5.41, 5.74) is 8.52. The van der Waals surface area contributed by atoms with Gasteiger partial charge in [-0.1, -0.05) is 24.3 Å². The van der Waals surface area contributed by atoms with Crippen LogP contribution in [0.3, 0.4) is 0 Å². The molecular formula is C14H12N2S. The highest BCUT2D eigenvalue weighted by atomic mass is 32.1. The molecule has 0 saturated carbocycles. The van der Waals surface area contributed by atoms with Crippen LogP contribution in [0.2, 0.25) is 0 Å². The van der Waals surface area contributed by atoms with E-state index in [1.54, 1.807) is 11.3 Å². The van der Waals surface area contributed by atoms with Gasteiger partial charge in [0.15, 0.2) is 0 Å². The number of benzene rings is 1. The highest BCUT2D eigenvalue weighted by molar-refractivity contribution is 7.08. The molecule has 2 N–H and O–H groups in total. The average Bonchev–Trinajstić information content (AvgIpc) is 2.91. The molecule has 17 heavy (non-hydrogen) atoms. The molecule has 2 nitrogen and oxygen atoms in total. The number of nitrogens with two attached hydrogens (primary N) is 1. The van der Waals surface area contributed by atoms with E-state index < -0.39 is 0 Å². The van der Waals surface area contributed by atoms with E-state index >= 15 is 0 Å². The molecule has 3 heteroatoms. The van der Waals surface area contributed by atoms with Crippen molar-refractivity contribution in [3.63, 3.8) is 0 Å².